The molecule has 1 aliphatic heterocycles. The lowest BCUT2D eigenvalue weighted by atomic mass is 9.53. The molecule has 0 aromatic heterocycles. The average Bonchev–Trinajstić information content (AvgIpc) is 2.53. The van der Waals surface area contributed by atoms with Crippen molar-refractivity contribution in [1.82, 2.24) is 5.32 Å². The van der Waals surface area contributed by atoms with Gasteiger partial charge in [-0.1, -0.05) is 6.07 Å². The molecule has 0 spiro atoms. The maximum atomic E-state index is 12.9. The van der Waals surface area contributed by atoms with Gasteiger partial charge in [-0.05, 0) is 80.9 Å². The van der Waals surface area contributed by atoms with E-state index >= 15 is 0 Å². The van der Waals surface area contributed by atoms with Crippen molar-refractivity contribution in [2.45, 2.75) is 51.0 Å². The molecule has 0 atom stereocenters. The van der Waals surface area contributed by atoms with Crippen molar-refractivity contribution in [3.8, 4) is 5.75 Å². The Hall–Kier alpha value is -2.04. The number of hydrogen-bond donors (Lipinski definition) is 1. The summed E-state index contributed by atoms with van der Waals surface area (Å²) in [5.74, 6) is 2.69. The van der Waals surface area contributed by atoms with Gasteiger partial charge >= 0.3 is 5.97 Å². The van der Waals surface area contributed by atoms with Crippen LogP contribution in [0.25, 0.3) is 0 Å². The summed E-state index contributed by atoms with van der Waals surface area (Å²) in [5, 5.41) is 3.40. The second kappa shape index (κ2) is 5.73. The highest BCUT2D eigenvalue weighted by Crippen LogP contribution is 2.55. The molecule has 5 aliphatic rings. The van der Waals surface area contributed by atoms with E-state index in [1.807, 2.05) is 30.0 Å². The first-order chi connectivity index (χ1) is 12.5. The maximum absolute atomic E-state index is 12.9. The molecule has 0 radical (unpaired) electrons. The van der Waals surface area contributed by atoms with Crippen LogP contribution in [0.5, 0.6) is 5.75 Å². The van der Waals surface area contributed by atoms with Crippen LogP contribution in [-0.4, -0.2) is 30.5 Å². The molecule has 6 rings (SSSR count). The van der Waals surface area contributed by atoms with E-state index in [0.29, 0.717) is 5.75 Å². The number of nitrogens with one attached hydrogen (secondary N) is 1. The van der Waals surface area contributed by atoms with Crippen LogP contribution in [0, 0.1) is 24.7 Å². The molecule has 4 saturated carbocycles. The van der Waals surface area contributed by atoms with Crippen LogP contribution in [0.15, 0.2) is 18.2 Å². The van der Waals surface area contributed by atoms with Crippen LogP contribution in [0.3, 0.4) is 0 Å². The highest BCUT2D eigenvalue weighted by Gasteiger charge is 2.51. The van der Waals surface area contributed by atoms with Gasteiger partial charge in [0.1, 0.15) is 6.54 Å². The molecule has 4 aliphatic carbocycles. The molecule has 26 heavy (non-hydrogen) atoms. The number of carbonyl (C=O) groups excluding carboxylic acids is 2. The first-order valence-electron chi connectivity index (χ1n) is 9.85. The number of ether oxygens (including phenoxy) is 1. The van der Waals surface area contributed by atoms with Crippen molar-refractivity contribution in [3.05, 3.63) is 23.8 Å². The molecule has 1 aromatic rings. The van der Waals surface area contributed by atoms with E-state index in [1.54, 1.807) is 0 Å². The molecular weight excluding hydrogens is 328 g/mol. The summed E-state index contributed by atoms with van der Waals surface area (Å²) in [4.78, 5) is 26.7. The van der Waals surface area contributed by atoms with Crippen LogP contribution in [0.1, 0.15) is 44.1 Å². The Balaban J connectivity index is 1.32. The number of aryl methyl sites for hydroxylation is 1. The smallest absolute Gasteiger partial charge is 0.331 e. The third-order valence-electron chi connectivity index (χ3n) is 6.78. The highest BCUT2D eigenvalue weighted by molar-refractivity contribution is 5.89. The van der Waals surface area contributed by atoms with E-state index in [0.717, 1.165) is 48.3 Å². The fraction of sp³-hybridized carbons (Fsp3) is 0.619. The van der Waals surface area contributed by atoms with Crippen molar-refractivity contribution < 1.29 is 14.3 Å². The molecule has 5 nitrogen and oxygen atoms in total. The van der Waals surface area contributed by atoms with E-state index in [-0.39, 0.29) is 30.5 Å². The summed E-state index contributed by atoms with van der Waals surface area (Å²) >= 11 is 0. The summed E-state index contributed by atoms with van der Waals surface area (Å²) in [7, 11) is 0. The Kier molecular flexibility index (Phi) is 3.56. The van der Waals surface area contributed by atoms with Gasteiger partial charge in [0.15, 0.2) is 5.75 Å². The number of anilines is 1. The van der Waals surface area contributed by atoms with Gasteiger partial charge in [-0.15, -0.1) is 0 Å². The quantitative estimate of drug-likeness (QED) is 0.670. The van der Waals surface area contributed by atoms with Crippen LogP contribution in [0.4, 0.5) is 5.69 Å². The summed E-state index contributed by atoms with van der Waals surface area (Å²) < 4.78 is 5.32. The summed E-state index contributed by atoms with van der Waals surface area (Å²) in [6, 6.07) is 5.72. The third kappa shape index (κ3) is 2.78. The lowest BCUT2D eigenvalue weighted by molar-refractivity contribution is -0.133. The number of benzene rings is 1. The van der Waals surface area contributed by atoms with E-state index < -0.39 is 0 Å². The summed E-state index contributed by atoms with van der Waals surface area (Å²) in [6.07, 6.45) is 7.51. The van der Waals surface area contributed by atoms with Gasteiger partial charge in [0, 0.05) is 5.54 Å². The zero-order valence-corrected chi connectivity index (χ0v) is 15.3. The van der Waals surface area contributed by atoms with Gasteiger partial charge < -0.3 is 15.0 Å². The Morgan fingerprint density at radius 3 is 2.50 bits per heavy atom. The average molecular weight is 354 g/mol. The highest BCUT2D eigenvalue weighted by atomic mass is 16.5. The Bertz CT molecular complexity index is 737. The van der Waals surface area contributed by atoms with Crippen molar-refractivity contribution in [3.63, 3.8) is 0 Å². The van der Waals surface area contributed by atoms with E-state index in [1.165, 1.54) is 19.3 Å². The van der Waals surface area contributed by atoms with Gasteiger partial charge in [-0.2, -0.15) is 0 Å². The number of nitrogens with zero attached hydrogens (tertiary/aromatic N) is 1. The predicted molar refractivity (Wildman–Crippen MR) is 98.1 cm³/mol. The van der Waals surface area contributed by atoms with Gasteiger partial charge in [-0.3, -0.25) is 4.79 Å². The normalized spacial score (nSPS) is 34.4. The second-order valence-corrected chi connectivity index (χ2v) is 9.05. The molecule has 1 N–H and O–H groups in total. The SMILES string of the molecule is Cc1ccc2c(c1)N(CC(=O)NC13CC4CC(CC(C4)C1)C3)CC(=O)O2. The Morgan fingerprint density at radius 2 is 1.85 bits per heavy atom. The van der Waals surface area contributed by atoms with Crippen LogP contribution in [0.2, 0.25) is 0 Å². The number of carbonyl (C=O) groups is 2. The van der Waals surface area contributed by atoms with Crippen molar-refractivity contribution in [1.29, 1.82) is 0 Å². The number of fused-ring (bicyclic) bond motifs is 1. The maximum Gasteiger partial charge on any atom is 0.331 e. The molecule has 4 fully saturated rings. The van der Waals surface area contributed by atoms with Crippen LogP contribution >= 0.6 is 0 Å². The zero-order chi connectivity index (χ0) is 17.9. The Labute approximate surface area is 154 Å². The second-order valence-electron chi connectivity index (χ2n) is 9.05. The minimum Gasteiger partial charge on any atom is -0.423 e. The first-order valence-corrected chi connectivity index (χ1v) is 9.85. The monoisotopic (exact) mass is 354 g/mol. The summed E-state index contributed by atoms with van der Waals surface area (Å²) in [6.45, 7) is 2.35. The zero-order valence-electron chi connectivity index (χ0n) is 15.3. The van der Waals surface area contributed by atoms with Gasteiger partial charge in [0.2, 0.25) is 5.91 Å². The predicted octanol–water partition coefficient (Wildman–Crippen LogP) is 2.81. The van der Waals surface area contributed by atoms with E-state index in [2.05, 4.69) is 5.32 Å². The number of amides is 1. The van der Waals surface area contributed by atoms with E-state index in [4.69, 9.17) is 4.74 Å². The molecule has 138 valence electrons. The molecule has 1 aromatic carbocycles. The minimum atomic E-state index is -0.302. The van der Waals surface area contributed by atoms with Gasteiger partial charge in [-0.25, -0.2) is 4.79 Å². The third-order valence-corrected chi connectivity index (χ3v) is 6.78. The van der Waals surface area contributed by atoms with Gasteiger partial charge in [0.05, 0.1) is 12.2 Å². The number of rotatable bonds is 3. The molecule has 0 saturated heterocycles. The summed E-state index contributed by atoms with van der Waals surface area (Å²) in [5.41, 5.74) is 1.94. The molecule has 4 bridgehead atoms. The standard InChI is InChI=1S/C21H26N2O3/c1-13-2-3-18-17(4-13)23(12-20(25)26-18)11-19(24)22-21-8-14-5-15(9-21)7-16(6-14)10-21/h2-4,14-16H,5-12H2,1H3,(H,22,24). The van der Waals surface area contributed by atoms with Crippen molar-refractivity contribution in [2.24, 2.45) is 17.8 Å². The lowest BCUT2D eigenvalue weighted by Crippen LogP contribution is -2.61. The van der Waals surface area contributed by atoms with Crippen LogP contribution in [-0.2, 0) is 9.59 Å². The fourth-order valence-corrected chi connectivity index (χ4v) is 6.27. The number of esters is 1. The van der Waals surface area contributed by atoms with Crippen molar-refractivity contribution >= 4 is 17.6 Å². The van der Waals surface area contributed by atoms with Crippen LogP contribution < -0.4 is 15.0 Å². The molecule has 1 heterocycles. The van der Waals surface area contributed by atoms with Crippen molar-refractivity contribution in [2.75, 3.05) is 18.0 Å². The molecule has 5 heteroatoms. The molecular formula is C21H26N2O3. The molecule has 1 amide bonds. The topological polar surface area (TPSA) is 58.6 Å². The largest absolute Gasteiger partial charge is 0.423 e. The van der Waals surface area contributed by atoms with E-state index in [9.17, 15) is 9.59 Å². The fourth-order valence-electron chi connectivity index (χ4n) is 6.27. The molecule has 0 unspecified atom stereocenters. The lowest BCUT2D eigenvalue weighted by Gasteiger charge is -2.57. The Morgan fingerprint density at radius 1 is 1.19 bits per heavy atom. The van der Waals surface area contributed by atoms with Gasteiger partial charge in [0.25, 0.3) is 0 Å². The number of hydrogen-bond acceptors (Lipinski definition) is 4. The minimum absolute atomic E-state index is 0.0115. The first kappa shape index (κ1) is 16.2.